The molecule has 0 aliphatic carbocycles. The first-order valence-electron chi connectivity index (χ1n) is 42.9. The van der Waals surface area contributed by atoms with Gasteiger partial charge in [-0.3, -0.25) is 9.13 Å². The van der Waals surface area contributed by atoms with E-state index in [1.807, 2.05) is 0 Å². The number of benzene rings is 20. The molecule has 0 saturated heterocycles. The molecule has 123 heavy (non-hydrogen) atoms. The van der Waals surface area contributed by atoms with Crippen LogP contribution in [0.1, 0.15) is 42.1 Å². The Kier molecular flexibility index (Phi) is 16.8. The number of hydrogen-bond acceptors (Lipinski definition) is 3. The molecular formula is C116H81N7. The van der Waals surface area contributed by atoms with Crippen molar-refractivity contribution in [3.8, 4) is 44.8 Å². The standard InChI is InChI=1S/C116H81N7/c1-3-72-26-13-23-43-102(72)118-111(69-83-51-57-87(74-28-6-5-7-29-74)93-39-19-18-35-86(83)93)122-106-64-55-84(70-100(106)112-90-36-15-10-30-75(90)52-62-108(112)122)120-105-61-54-82(67-98(105)99-66-80-33-8-9-34-81(80)68-110(99)120)89-60-59-88(94-40-20-21-41-95(89)94)78-46-48-79(49-47-78)114(117)116(119-103-44-24-14-27-73(103)4-2)123-107-65-56-85(71-101(107)113-91-37-16-11-31-76(91)53-63-109(113)123)121-104-45-25-22-42-96(104)97-58-50-77-32-12-17-38-92(77)115(97)121/h5-68,70-71,114H,3-4,69,117H2,1-2H3/b118-111+,119-116+. The maximum Gasteiger partial charge on any atom is 0.135 e. The Labute approximate surface area is 710 Å². The highest BCUT2D eigenvalue weighted by atomic mass is 15.1. The molecule has 0 aliphatic heterocycles. The zero-order chi connectivity index (χ0) is 81.5. The van der Waals surface area contributed by atoms with Crippen molar-refractivity contribution in [2.75, 3.05) is 0 Å². The fourth-order valence-electron chi connectivity index (χ4n) is 20.4. The highest BCUT2D eigenvalue weighted by Gasteiger charge is 2.28. The number of hydrogen-bond donors (Lipinski definition) is 1. The molecule has 0 bridgehead atoms. The molecule has 2 N–H and O–H groups in total. The molecule has 20 aromatic carbocycles. The van der Waals surface area contributed by atoms with Crippen molar-refractivity contribution in [3.63, 3.8) is 0 Å². The van der Waals surface area contributed by atoms with Crippen molar-refractivity contribution < 1.29 is 0 Å². The van der Waals surface area contributed by atoms with E-state index in [4.69, 9.17) is 15.7 Å². The van der Waals surface area contributed by atoms with Gasteiger partial charge in [-0.2, -0.15) is 0 Å². The van der Waals surface area contributed by atoms with E-state index in [0.29, 0.717) is 6.42 Å². The number of nitrogens with two attached hydrogens (primary N) is 1. The SMILES string of the molecule is CCc1ccccc1/N=C(\Cc1ccc(-c2ccccc2)c2ccccc12)n1c2ccc(-n3c4ccc(-c5ccc(-c6ccc(C(N)/C(=N\c7ccccc7CC)n7c8ccc(-n9c%10ccccc%10c%10ccc%11ccccc%11c%109)cc8c8c9ccccc9ccc87)cc6)c6ccccc56)cc4c4cc5ccccc5cc43)cc2c2c3ccccc3ccc21. The van der Waals surface area contributed by atoms with Crippen molar-refractivity contribution in [2.45, 2.75) is 39.2 Å². The molecule has 4 aromatic heterocycles. The summed E-state index contributed by atoms with van der Waals surface area (Å²) >= 11 is 0. The van der Waals surface area contributed by atoms with E-state index in [1.54, 1.807) is 0 Å². The second-order valence-electron chi connectivity index (χ2n) is 32.9. The molecule has 0 amide bonds. The van der Waals surface area contributed by atoms with Crippen LogP contribution in [0.15, 0.2) is 410 Å². The zero-order valence-electron chi connectivity index (χ0n) is 68.1. The van der Waals surface area contributed by atoms with E-state index >= 15 is 0 Å². The van der Waals surface area contributed by atoms with Crippen molar-refractivity contribution in [3.05, 3.63) is 423 Å². The summed E-state index contributed by atoms with van der Waals surface area (Å²) in [7, 11) is 0. The molecule has 0 saturated carbocycles. The Morgan fingerprint density at radius 3 is 1.37 bits per heavy atom. The average molecular weight is 1570 g/mol. The Balaban J connectivity index is 0.625. The number of aryl methyl sites for hydroxylation is 2. The van der Waals surface area contributed by atoms with Crippen molar-refractivity contribution >= 4 is 175 Å². The van der Waals surface area contributed by atoms with Gasteiger partial charge in [0.2, 0.25) is 0 Å². The van der Waals surface area contributed by atoms with Crippen LogP contribution >= 0.6 is 0 Å². The predicted molar refractivity (Wildman–Crippen MR) is 523 cm³/mol. The van der Waals surface area contributed by atoms with Gasteiger partial charge in [0.1, 0.15) is 11.7 Å². The number of para-hydroxylation sites is 3. The quantitative estimate of drug-likeness (QED) is 0.0907. The van der Waals surface area contributed by atoms with Gasteiger partial charge in [0.05, 0.1) is 61.6 Å². The van der Waals surface area contributed by atoms with Gasteiger partial charge in [-0.1, -0.05) is 323 Å². The fourth-order valence-corrected chi connectivity index (χ4v) is 20.4. The van der Waals surface area contributed by atoms with Gasteiger partial charge in [-0.15, -0.1) is 0 Å². The molecule has 1 unspecified atom stereocenters. The summed E-state index contributed by atoms with van der Waals surface area (Å²) in [5.74, 6) is 1.70. The number of aliphatic imine (C=N–C) groups is 2. The summed E-state index contributed by atoms with van der Waals surface area (Å²) in [6, 6.07) is 147. The molecule has 24 aromatic rings. The Morgan fingerprint density at radius 2 is 0.715 bits per heavy atom. The molecule has 0 fully saturated rings. The van der Waals surface area contributed by atoms with Gasteiger partial charge >= 0.3 is 0 Å². The van der Waals surface area contributed by atoms with Crippen LogP contribution in [0.3, 0.4) is 0 Å². The number of nitrogens with zero attached hydrogens (tertiary/aromatic N) is 6. The molecule has 4 heterocycles. The van der Waals surface area contributed by atoms with Crippen molar-refractivity contribution in [2.24, 2.45) is 15.7 Å². The number of rotatable bonds is 13. The molecule has 7 heteroatoms. The summed E-state index contributed by atoms with van der Waals surface area (Å²) < 4.78 is 9.80. The van der Waals surface area contributed by atoms with Gasteiger partial charge in [0.15, 0.2) is 0 Å². The van der Waals surface area contributed by atoms with Crippen LogP contribution in [0.4, 0.5) is 11.4 Å². The third-order valence-electron chi connectivity index (χ3n) is 26.2. The third kappa shape index (κ3) is 11.5. The fraction of sp³-hybridized carbons (Fsp3) is 0.0517. The first kappa shape index (κ1) is 71.6. The van der Waals surface area contributed by atoms with E-state index in [-0.39, 0.29) is 0 Å². The van der Waals surface area contributed by atoms with Gasteiger partial charge in [0, 0.05) is 66.3 Å². The smallest absolute Gasteiger partial charge is 0.135 e. The highest BCUT2D eigenvalue weighted by molar-refractivity contribution is 6.28. The van der Waals surface area contributed by atoms with E-state index in [1.165, 1.54) is 125 Å². The van der Waals surface area contributed by atoms with Crippen LogP contribution in [-0.4, -0.2) is 29.9 Å². The molecule has 24 rings (SSSR count). The maximum absolute atomic E-state index is 7.94. The lowest BCUT2D eigenvalue weighted by Gasteiger charge is -2.20. The molecule has 0 aliphatic rings. The first-order chi connectivity index (χ1) is 60.8. The summed E-state index contributed by atoms with van der Waals surface area (Å²) in [5.41, 5.74) is 32.4. The van der Waals surface area contributed by atoms with Crippen molar-refractivity contribution in [1.29, 1.82) is 0 Å². The number of aromatic nitrogens is 4. The second kappa shape index (κ2) is 28.9. The van der Waals surface area contributed by atoms with E-state index < -0.39 is 6.04 Å². The molecule has 1 atom stereocenters. The van der Waals surface area contributed by atoms with E-state index in [9.17, 15) is 0 Å². The van der Waals surface area contributed by atoms with E-state index in [2.05, 4.69) is 432 Å². The minimum atomic E-state index is -0.643. The lowest BCUT2D eigenvalue weighted by molar-refractivity contribution is 0.916. The van der Waals surface area contributed by atoms with Crippen LogP contribution in [0.25, 0.3) is 197 Å². The van der Waals surface area contributed by atoms with Crippen LogP contribution in [0.2, 0.25) is 0 Å². The van der Waals surface area contributed by atoms with Crippen LogP contribution < -0.4 is 5.73 Å². The first-order valence-corrected chi connectivity index (χ1v) is 42.9. The largest absolute Gasteiger partial charge is 0.318 e. The molecule has 7 nitrogen and oxygen atoms in total. The Hall–Kier alpha value is -15.5. The minimum Gasteiger partial charge on any atom is -0.318 e. The van der Waals surface area contributed by atoms with Crippen LogP contribution in [0, 0.1) is 0 Å². The van der Waals surface area contributed by atoms with Crippen LogP contribution in [-0.2, 0) is 19.3 Å². The summed E-state index contributed by atoms with van der Waals surface area (Å²) in [6.45, 7) is 4.43. The molecular weight excluding hydrogens is 1490 g/mol. The summed E-state index contributed by atoms with van der Waals surface area (Å²) in [4.78, 5) is 11.6. The predicted octanol–water partition coefficient (Wildman–Crippen LogP) is 30.2. The highest BCUT2D eigenvalue weighted by Crippen LogP contribution is 2.47. The number of fused-ring (bicyclic) bond motifs is 21. The lowest BCUT2D eigenvalue weighted by atomic mass is 9.91. The second-order valence-corrected chi connectivity index (χ2v) is 32.9. The average Bonchev–Trinajstić information content (AvgIpc) is 1.56. The zero-order valence-corrected chi connectivity index (χ0v) is 68.1. The van der Waals surface area contributed by atoms with Gasteiger partial charge in [0.25, 0.3) is 0 Å². The molecule has 0 spiro atoms. The van der Waals surface area contributed by atoms with E-state index in [0.717, 1.165) is 130 Å². The topological polar surface area (TPSA) is 70.5 Å². The normalized spacial score (nSPS) is 12.7. The monoisotopic (exact) mass is 1570 g/mol. The van der Waals surface area contributed by atoms with Crippen molar-refractivity contribution in [1.82, 2.24) is 18.3 Å². The van der Waals surface area contributed by atoms with Gasteiger partial charge < -0.3 is 14.9 Å². The molecule has 0 radical (unpaired) electrons. The summed E-state index contributed by atoms with van der Waals surface area (Å²) in [5, 5.41) is 23.8. The summed E-state index contributed by atoms with van der Waals surface area (Å²) in [6.07, 6.45) is 2.27. The van der Waals surface area contributed by atoms with Crippen LogP contribution in [0.5, 0.6) is 0 Å². The Morgan fingerprint density at radius 1 is 0.268 bits per heavy atom. The Bertz CT molecular complexity index is 8580. The lowest BCUT2D eigenvalue weighted by Crippen LogP contribution is -2.27. The molecule has 580 valence electrons. The third-order valence-corrected chi connectivity index (χ3v) is 26.2. The van der Waals surface area contributed by atoms with Gasteiger partial charge in [-0.05, 0) is 219 Å². The minimum absolute atomic E-state index is 0.591. The maximum atomic E-state index is 7.94. The van der Waals surface area contributed by atoms with Gasteiger partial charge in [-0.25, -0.2) is 9.98 Å².